The minimum Gasteiger partial charge on any atom is -0.507 e. The summed E-state index contributed by atoms with van der Waals surface area (Å²) in [7, 11) is 0. The van der Waals surface area contributed by atoms with Gasteiger partial charge in [0.05, 0.1) is 18.2 Å². The molecule has 194 valence electrons. The minimum atomic E-state index is -0.779. The van der Waals surface area contributed by atoms with E-state index < -0.39 is 23.5 Å². The number of amides is 1. The zero-order valence-electron chi connectivity index (χ0n) is 21.7. The quantitative estimate of drug-likeness (QED) is 0.183. The summed E-state index contributed by atoms with van der Waals surface area (Å²) in [5.74, 6) is -1.59. The molecule has 0 saturated carbocycles. The van der Waals surface area contributed by atoms with Crippen LogP contribution in [-0.2, 0) is 9.59 Å². The van der Waals surface area contributed by atoms with E-state index in [1.54, 1.807) is 19.1 Å². The van der Waals surface area contributed by atoms with E-state index in [9.17, 15) is 19.1 Å². The lowest BCUT2D eigenvalue weighted by atomic mass is 9.95. The summed E-state index contributed by atoms with van der Waals surface area (Å²) in [6.07, 6.45) is 3.18. The number of ether oxygens (including phenoxy) is 1. The van der Waals surface area contributed by atoms with Crippen molar-refractivity contribution in [3.63, 3.8) is 0 Å². The summed E-state index contributed by atoms with van der Waals surface area (Å²) in [5.41, 5.74) is 1.25. The number of hydrogen-bond acceptors (Lipinski definition) is 5. The first-order valence-electron chi connectivity index (χ1n) is 12.8. The molecule has 2 aromatic rings. The largest absolute Gasteiger partial charge is 0.507 e. The van der Waals surface area contributed by atoms with Gasteiger partial charge in [0.25, 0.3) is 11.7 Å². The molecule has 1 heterocycles. The molecule has 1 fully saturated rings. The second-order valence-electron chi connectivity index (χ2n) is 9.11. The summed E-state index contributed by atoms with van der Waals surface area (Å²) < 4.78 is 20.1. The van der Waals surface area contributed by atoms with Crippen molar-refractivity contribution in [3.05, 3.63) is 70.5 Å². The van der Waals surface area contributed by atoms with Gasteiger partial charge in [-0.25, -0.2) is 4.39 Å². The number of likely N-dealkylation sites (tertiary alicyclic amines) is 1. The van der Waals surface area contributed by atoms with Crippen LogP contribution >= 0.6 is 0 Å². The van der Waals surface area contributed by atoms with Gasteiger partial charge < -0.3 is 19.6 Å². The molecule has 0 aliphatic carbocycles. The Labute approximate surface area is 213 Å². The predicted octanol–water partition coefficient (Wildman–Crippen LogP) is 5.47. The Morgan fingerprint density at radius 3 is 2.36 bits per heavy atom. The Morgan fingerprint density at radius 2 is 1.75 bits per heavy atom. The fourth-order valence-electron chi connectivity index (χ4n) is 4.43. The number of rotatable bonds is 12. The number of Topliss-reactive ketones (excluding diaryl/α,β-unsaturated/α-hetero) is 1. The van der Waals surface area contributed by atoms with Crippen molar-refractivity contribution in [2.75, 3.05) is 32.8 Å². The van der Waals surface area contributed by atoms with E-state index in [2.05, 4.69) is 11.8 Å². The number of ketones is 1. The highest BCUT2D eigenvalue weighted by atomic mass is 19.1. The van der Waals surface area contributed by atoms with Gasteiger partial charge in [0, 0.05) is 18.7 Å². The summed E-state index contributed by atoms with van der Waals surface area (Å²) in [6, 6.07) is 10.8. The summed E-state index contributed by atoms with van der Waals surface area (Å²) >= 11 is 0. The van der Waals surface area contributed by atoms with Crippen LogP contribution in [0.2, 0.25) is 0 Å². The van der Waals surface area contributed by atoms with Gasteiger partial charge in [0.2, 0.25) is 0 Å². The number of nitrogens with zero attached hydrogens (tertiary/aromatic N) is 2. The molecule has 7 heteroatoms. The summed E-state index contributed by atoms with van der Waals surface area (Å²) in [6.45, 7) is 11.0. The third-order valence-corrected chi connectivity index (χ3v) is 6.75. The lowest BCUT2D eigenvalue weighted by molar-refractivity contribution is -0.140. The third kappa shape index (κ3) is 6.13. The van der Waals surface area contributed by atoms with Crippen LogP contribution in [0.3, 0.4) is 0 Å². The highest BCUT2D eigenvalue weighted by molar-refractivity contribution is 6.46. The van der Waals surface area contributed by atoms with E-state index in [0.29, 0.717) is 36.6 Å². The molecule has 0 spiro atoms. The number of likely N-dealkylation sites (N-methyl/N-ethyl adjacent to an activating group) is 1. The van der Waals surface area contributed by atoms with Crippen LogP contribution in [0.25, 0.3) is 5.76 Å². The summed E-state index contributed by atoms with van der Waals surface area (Å²) in [4.78, 5) is 30.0. The number of carbonyl (C=O) groups is 2. The zero-order valence-corrected chi connectivity index (χ0v) is 21.7. The standard InChI is InChI=1S/C29H37FN2O4/c1-5-8-9-18-36-23-14-12-21(13-15-23)26-25(27(33)22-11-10-20(4)24(30)19-22)28(34)29(35)32(26)17-16-31(6-2)7-3/h10-15,19,26,33H,5-9,16-18H2,1-4H3/t26-/m0/s1. The number of halogens is 1. The topological polar surface area (TPSA) is 70.1 Å². The molecule has 0 unspecified atom stereocenters. The number of aliphatic hydroxyl groups is 1. The van der Waals surface area contributed by atoms with Gasteiger partial charge in [-0.3, -0.25) is 9.59 Å². The number of hydrogen-bond donors (Lipinski definition) is 1. The van der Waals surface area contributed by atoms with Crippen molar-refractivity contribution in [2.24, 2.45) is 0 Å². The van der Waals surface area contributed by atoms with E-state index in [-0.39, 0.29) is 16.9 Å². The molecule has 1 N–H and O–H groups in total. The number of carbonyl (C=O) groups excluding carboxylic acids is 2. The molecule has 0 radical (unpaired) electrons. The smallest absolute Gasteiger partial charge is 0.295 e. The van der Waals surface area contributed by atoms with Crippen molar-refractivity contribution in [3.8, 4) is 5.75 Å². The molecular formula is C29H37FN2O4. The van der Waals surface area contributed by atoms with E-state index in [4.69, 9.17) is 4.74 Å². The Balaban J connectivity index is 2.00. The molecule has 1 amide bonds. The van der Waals surface area contributed by atoms with Gasteiger partial charge in [0.15, 0.2) is 0 Å². The van der Waals surface area contributed by atoms with Crippen LogP contribution in [0, 0.1) is 12.7 Å². The Hall–Kier alpha value is -3.19. The zero-order chi connectivity index (χ0) is 26.2. The maximum absolute atomic E-state index is 14.3. The Kier molecular flexibility index (Phi) is 9.65. The van der Waals surface area contributed by atoms with Crippen molar-refractivity contribution in [1.29, 1.82) is 0 Å². The Morgan fingerprint density at radius 1 is 1.06 bits per heavy atom. The highest BCUT2D eigenvalue weighted by Gasteiger charge is 2.46. The average Bonchev–Trinajstić information content (AvgIpc) is 3.13. The second kappa shape index (κ2) is 12.7. The number of aliphatic hydroxyl groups excluding tert-OH is 1. The fraction of sp³-hybridized carbons (Fsp3) is 0.448. The molecule has 0 aromatic heterocycles. The number of aryl methyl sites for hydroxylation is 1. The van der Waals surface area contributed by atoms with Gasteiger partial charge in [-0.15, -0.1) is 0 Å². The van der Waals surface area contributed by atoms with Crippen LogP contribution in [0.4, 0.5) is 4.39 Å². The van der Waals surface area contributed by atoms with Crippen molar-refractivity contribution < 1.29 is 23.8 Å². The highest BCUT2D eigenvalue weighted by Crippen LogP contribution is 2.39. The maximum atomic E-state index is 14.3. The van der Waals surface area contributed by atoms with Crippen molar-refractivity contribution in [2.45, 2.75) is 53.0 Å². The van der Waals surface area contributed by atoms with Gasteiger partial charge >= 0.3 is 0 Å². The van der Waals surface area contributed by atoms with Crippen molar-refractivity contribution >= 4 is 17.4 Å². The van der Waals surface area contributed by atoms with Gasteiger partial charge in [-0.1, -0.05) is 57.9 Å². The molecule has 1 aliphatic heterocycles. The first-order chi connectivity index (χ1) is 17.3. The third-order valence-electron chi connectivity index (χ3n) is 6.75. The molecule has 36 heavy (non-hydrogen) atoms. The molecule has 3 rings (SSSR count). The Bertz CT molecular complexity index is 1090. The van der Waals surface area contributed by atoms with Crippen LogP contribution in [-0.4, -0.2) is 59.4 Å². The molecule has 6 nitrogen and oxygen atoms in total. The normalized spacial score (nSPS) is 17.3. The SMILES string of the molecule is CCCCCOc1ccc([C@H]2C(=C(O)c3ccc(C)c(F)c3)C(=O)C(=O)N2CCN(CC)CC)cc1. The number of benzene rings is 2. The molecular weight excluding hydrogens is 459 g/mol. The lowest BCUT2D eigenvalue weighted by Gasteiger charge is -2.28. The number of unbranched alkanes of at least 4 members (excludes halogenated alkanes) is 2. The second-order valence-corrected chi connectivity index (χ2v) is 9.11. The first-order valence-corrected chi connectivity index (χ1v) is 12.8. The average molecular weight is 497 g/mol. The molecule has 1 saturated heterocycles. The van der Waals surface area contributed by atoms with E-state index >= 15 is 0 Å². The van der Waals surface area contributed by atoms with Crippen LogP contribution in [0.1, 0.15) is 62.8 Å². The summed E-state index contributed by atoms with van der Waals surface area (Å²) in [5, 5.41) is 11.1. The monoisotopic (exact) mass is 496 g/mol. The molecule has 0 bridgehead atoms. The molecule has 1 atom stereocenters. The van der Waals surface area contributed by atoms with Crippen LogP contribution in [0.5, 0.6) is 5.75 Å². The molecule has 1 aliphatic rings. The predicted molar refractivity (Wildman–Crippen MR) is 139 cm³/mol. The fourth-order valence-corrected chi connectivity index (χ4v) is 4.43. The molecule has 2 aromatic carbocycles. The lowest BCUT2D eigenvalue weighted by Crippen LogP contribution is -2.38. The van der Waals surface area contributed by atoms with Gasteiger partial charge in [0.1, 0.15) is 17.3 Å². The van der Waals surface area contributed by atoms with Crippen molar-refractivity contribution in [1.82, 2.24) is 9.80 Å². The van der Waals surface area contributed by atoms with E-state index in [1.165, 1.54) is 11.0 Å². The van der Waals surface area contributed by atoms with Crippen LogP contribution in [0.15, 0.2) is 48.0 Å². The first kappa shape index (κ1) is 27.4. The van der Waals surface area contributed by atoms with E-state index in [1.807, 2.05) is 38.1 Å². The minimum absolute atomic E-state index is 0.0283. The van der Waals surface area contributed by atoms with E-state index in [0.717, 1.165) is 32.4 Å². The van der Waals surface area contributed by atoms with Gasteiger partial charge in [-0.2, -0.15) is 0 Å². The maximum Gasteiger partial charge on any atom is 0.295 e. The van der Waals surface area contributed by atoms with Crippen LogP contribution < -0.4 is 4.74 Å². The van der Waals surface area contributed by atoms with Gasteiger partial charge in [-0.05, 0) is 55.8 Å².